The predicted octanol–water partition coefficient (Wildman–Crippen LogP) is 2.09. The number of aryl methyl sites for hydroxylation is 1. The second-order valence-corrected chi connectivity index (χ2v) is 3.74. The van der Waals surface area contributed by atoms with E-state index in [-0.39, 0.29) is 0 Å². The van der Waals surface area contributed by atoms with E-state index in [9.17, 15) is 0 Å². The molecule has 0 aliphatic carbocycles. The lowest BCUT2D eigenvalue weighted by Gasteiger charge is -1.94. The first-order valence-electron chi connectivity index (χ1n) is 2.86. The second-order valence-electron chi connectivity index (χ2n) is 2.01. The fourth-order valence-electron chi connectivity index (χ4n) is 0.650. The van der Waals surface area contributed by atoms with Crippen molar-refractivity contribution in [1.29, 1.82) is 0 Å². The normalized spacial score (nSPS) is 10.9. The van der Waals surface area contributed by atoms with Gasteiger partial charge in [0.25, 0.3) is 0 Å². The maximum atomic E-state index is 2.74. The minimum Gasteiger partial charge on any atom is -0.110 e. The molecule has 0 bridgehead atoms. The maximum Gasteiger partial charge on any atom is -0.0233 e. The van der Waals surface area contributed by atoms with E-state index in [1.165, 1.54) is 10.9 Å². The first kappa shape index (κ1) is 7.19. The van der Waals surface area contributed by atoms with Gasteiger partial charge in [0.2, 0.25) is 0 Å². The number of hydrogen-bond acceptors (Lipinski definition) is 0. The molecule has 0 saturated carbocycles. The van der Waals surface area contributed by atoms with Gasteiger partial charge in [0, 0.05) is 0 Å². The second kappa shape index (κ2) is 3.30. The highest BCUT2D eigenvalue weighted by atomic mass is 32.0. The highest BCUT2D eigenvalue weighted by Crippen LogP contribution is 2.18. The molecular formula is C7H10P2. The summed E-state index contributed by atoms with van der Waals surface area (Å²) in [7, 11) is 3.58. The molecular weight excluding hydrogens is 146 g/mol. The molecule has 0 aliphatic heterocycles. The lowest BCUT2D eigenvalue weighted by molar-refractivity contribution is 1.49. The van der Waals surface area contributed by atoms with Gasteiger partial charge < -0.3 is 0 Å². The van der Waals surface area contributed by atoms with Crippen LogP contribution in [0.25, 0.3) is 0 Å². The van der Waals surface area contributed by atoms with Gasteiger partial charge in [0.1, 0.15) is 0 Å². The summed E-state index contributed by atoms with van der Waals surface area (Å²) in [5.74, 6) is 0. The molecule has 2 unspecified atom stereocenters. The summed E-state index contributed by atoms with van der Waals surface area (Å²) >= 11 is 0. The van der Waals surface area contributed by atoms with Gasteiger partial charge in [-0.25, -0.2) is 0 Å². The third-order valence-electron chi connectivity index (χ3n) is 1.22. The molecule has 0 nitrogen and oxygen atoms in total. The van der Waals surface area contributed by atoms with Crippen LogP contribution in [0.3, 0.4) is 0 Å². The van der Waals surface area contributed by atoms with Crippen molar-refractivity contribution < 1.29 is 0 Å². The summed E-state index contributed by atoms with van der Waals surface area (Å²) in [4.78, 5) is 0. The molecule has 2 atom stereocenters. The number of benzene rings is 1. The van der Waals surface area contributed by atoms with Crippen molar-refractivity contribution in [2.75, 3.05) is 0 Å². The van der Waals surface area contributed by atoms with E-state index in [2.05, 4.69) is 40.1 Å². The SMILES string of the molecule is Cc1ccc(PP)cc1. The Hall–Kier alpha value is 0.0800. The van der Waals surface area contributed by atoms with Crippen molar-refractivity contribution in [1.82, 2.24) is 0 Å². The van der Waals surface area contributed by atoms with E-state index in [1.54, 1.807) is 0 Å². The van der Waals surface area contributed by atoms with Crippen molar-refractivity contribution >= 4 is 22.5 Å². The molecule has 0 aromatic heterocycles. The molecule has 1 aromatic carbocycles. The van der Waals surface area contributed by atoms with Crippen LogP contribution in [-0.2, 0) is 0 Å². The van der Waals surface area contributed by atoms with Crippen LogP contribution in [0, 0.1) is 6.92 Å². The van der Waals surface area contributed by atoms with Gasteiger partial charge in [-0.15, -0.1) is 8.93 Å². The Morgan fingerprint density at radius 1 is 1.22 bits per heavy atom. The summed E-state index contributed by atoms with van der Waals surface area (Å²) in [6.07, 6.45) is 0. The van der Waals surface area contributed by atoms with Gasteiger partial charge in [0.05, 0.1) is 0 Å². The minimum atomic E-state index is 0.843. The van der Waals surface area contributed by atoms with Gasteiger partial charge in [-0.3, -0.25) is 0 Å². The van der Waals surface area contributed by atoms with Crippen LogP contribution in [0.5, 0.6) is 0 Å². The average Bonchev–Trinajstić information content (AvgIpc) is 1.90. The molecule has 0 aliphatic rings. The molecule has 2 heteroatoms. The Morgan fingerprint density at radius 2 is 1.78 bits per heavy atom. The van der Waals surface area contributed by atoms with Gasteiger partial charge in [-0.1, -0.05) is 38.1 Å². The molecule has 0 saturated heterocycles. The summed E-state index contributed by atoms with van der Waals surface area (Å²) < 4.78 is 0. The van der Waals surface area contributed by atoms with Crippen LogP contribution < -0.4 is 5.30 Å². The van der Waals surface area contributed by atoms with Crippen molar-refractivity contribution in [3.63, 3.8) is 0 Å². The van der Waals surface area contributed by atoms with Gasteiger partial charge in [-0.05, 0) is 12.2 Å². The van der Waals surface area contributed by atoms with Crippen LogP contribution in [0.15, 0.2) is 24.3 Å². The van der Waals surface area contributed by atoms with Crippen LogP contribution in [-0.4, -0.2) is 0 Å². The Labute approximate surface area is 59.9 Å². The summed E-state index contributed by atoms with van der Waals surface area (Å²) in [5, 5.41) is 1.41. The zero-order valence-electron chi connectivity index (χ0n) is 5.39. The molecule has 0 heterocycles. The summed E-state index contributed by atoms with van der Waals surface area (Å²) in [6.45, 7) is 2.11. The fourth-order valence-corrected chi connectivity index (χ4v) is 1.59. The Morgan fingerprint density at radius 3 is 2.22 bits per heavy atom. The highest BCUT2D eigenvalue weighted by Gasteiger charge is 1.84. The highest BCUT2D eigenvalue weighted by molar-refractivity contribution is 8.06. The standard InChI is InChI=1S/C7H10P2/c1-6-2-4-7(9-8)5-3-6/h2-5,9H,8H2,1H3. The van der Waals surface area contributed by atoms with Gasteiger partial charge in [-0.2, -0.15) is 0 Å². The molecule has 0 amide bonds. The molecule has 0 spiro atoms. The Kier molecular flexibility index (Phi) is 2.64. The Balaban J connectivity index is 2.88. The van der Waals surface area contributed by atoms with Crippen LogP contribution in [0.1, 0.15) is 5.56 Å². The van der Waals surface area contributed by atoms with E-state index in [0.717, 1.165) is 8.27 Å². The van der Waals surface area contributed by atoms with Crippen molar-refractivity contribution in [3.05, 3.63) is 29.8 Å². The molecule has 48 valence electrons. The van der Waals surface area contributed by atoms with Crippen molar-refractivity contribution in [3.8, 4) is 0 Å². The first-order chi connectivity index (χ1) is 4.33. The largest absolute Gasteiger partial charge is 0.110 e. The number of hydrogen-bond donors (Lipinski definition) is 0. The van der Waals surface area contributed by atoms with Gasteiger partial charge in [0.15, 0.2) is 0 Å². The Bertz CT molecular complexity index is 179. The summed E-state index contributed by atoms with van der Waals surface area (Å²) in [6, 6.07) is 8.63. The van der Waals surface area contributed by atoms with Crippen LogP contribution >= 0.6 is 17.2 Å². The zero-order valence-corrected chi connectivity index (χ0v) is 7.54. The third kappa shape index (κ3) is 2.05. The predicted molar refractivity (Wildman–Crippen MR) is 48.8 cm³/mol. The topological polar surface area (TPSA) is 0 Å². The average molecular weight is 156 g/mol. The lowest BCUT2D eigenvalue weighted by atomic mass is 10.2. The fraction of sp³-hybridized carbons (Fsp3) is 0.143. The van der Waals surface area contributed by atoms with Crippen LogP contribution in [0.4, 0.5) is 0 Å². The van der Waals surface area contributed by atoms with E-state index >= 15 is 0 Å². The third-order valence-corrected chi connectivity index (χ3v) is 2.88. The minimum absolute atomic E-state index is 0.843. The monoisotopic (exact) mass is 156 g/mol. The molecule has 0 radical (unpaired) electrons. The van der Waals surface area contributed by atoms with Gasteiger partial charge >= 0.3 is 0 Å². The molecule has 1 aromatic rings. The van der Waals surface area contributed by atoms with Crippen molar-refractivity contribution in [2.45, 2.75) is 6.92 Å². The molecule has 0 N–H and O–H groups in total. The molecule has 1 rings (SSSR count). The lowest BCUT2D eigenvalue weighted by Crippen LogP contribution is -1.88. The van der Waals surface area contributed by atoms with E-state index in [0.29, 0.717) is 0 Å². The molecule has 0 fully saturated rings. The quantitative estimate of drug-likeness (QED) is 0.546. The molecule has 9 heavy (non-hydrogen) atoms. The van der Waals surface area contributed by atoms with Crippen molar-refractivity contribution in [2.24, 2.45) is 0 Å². The van der Waals surface area contributed by atoms with Crippen LogP contribution in [0.2, 0.25) is 0 Å². The smallest absolute Gasteiger partial charge is 0.0233 e. The maximum absolute atomic E-state index is 2.74. The van der Waals surface area contributed by atoms with E-state index in [1.807, 2.05) is 0 Å². The zero-order chi connectivity index (χ0) is 6.69. The van der Waals surface area contributed by atoms with E-state index in [4.69, 9.17) is 0 Å². The number of rotatable bonds is 1. The van der Waals surface area contributed by atoms with E-state index < -0.39 is 0 Å². The first-order valence-corrected chi connectivity index (χ1v) is 5.67. The summed E-state index contributed by atoms with van der Waals surface area (Å²) in [5.41, 5.74) is 1.34.